The van der Waals surface area contributed by atoms with Crippen LogP contribution >= 0.6 is 0 Å². The van der Waals surface area contributed by atoms with Crippen molar-refractivity contribution >= 4 is 5.82 Å². The molecule has 5 nitrogen and oxygen atoms in total. The second-order valence-electron chi connectivity index (χ2n) is 4.10. The van der Waals surface area contributed by atoms with E-state index in [1.54, 1.807) is 13.3 Å². The number of benzene rings is 1. The summed E-state index contributed by atoms with van der Waals surface area (Å²) < 4.78 is 11.0. The number of nitrogens with one attached hydrogen (secondary N) is 1. The van der Waals surface area contributed by atoms with Gasteiger partial charge in [0.05, 0.1) is 13.2 Å². The van der Waals surface area contributed by atoms with Crippen LogP contribution in [0.15, 0.2) is 42.9 Å². The van der Waals surface area contributed by atoms with Gasteiger partial charge < -0.3 is 14.8 Å². The van der Waals surface area contributed by atoms with Gasteiger partial charge in [0.25, 0.3) is 0 Å². The molecule has 0 radical (unpaired) electrons. The fourth-order valence-corrected chi connectivity index (χ4v) is 1.62. The first-order valence-corrected chi connectivity index (χ1v) is 6.08. The van der Waals surface area contributed by atoms with Crippen molar-refractivity contribution in [2.75, 3.05) is 19.0 Å². The van der Waals surface area contributed by atoms with Crippen LogP contribution in [0.2, 0.25) is 0 Å². The molecular weight excluding hydrogens is 242 g/mol. The van der Waals surface area contributed by atoms with Crippen molar-refractivity contribution in [2.24, 2.45) is 0 Å². The highest BCUT2D eigenvalue weighted by Gasteiger charge is 2.07. The van der Waals surface area contributed by atoms with Gasteiger partial charge in [-0.25, -0.2) is 9.97 Å². The summed E-state index contributed by atoms with van der Waals surface area (Å²) in [6.45, 7) is 2.54. The summed E-state index contributed by atoms with van der Waals surface area (Å²) in [6, 6.07) is 9.53. The molecular formula is C14H17N3O2. The molecule has 0 aliphatic carbocycles. The number of aromatic nitrogens is 2. The third-order valence-electron chi connectivity index (χ3n) is 2.53. The minimum absolute atomic E-state index is 0.125. The summed E-state index contributed by atoms with van der Waals surface area (Å²) in [7, 11) is 1.63. The molecule has 1 aromatic heterocycles. The number of hydrogen-bond acceptors (Lipinski definition) is 5. The van der Waals surface area contributed by atoms with Crippen molar-refractivity contribution in [1.82, 2.24) is 9.97 Å². The second-order valence-corrected chi connectivity index (χ2v) is 4.10. The zero-order valence-electron chi connectivity index (χ0n) is 11.0. The minimum Gasteiger partial charge on any atom is -0.493 e. The van der Waals surface area contributed by atoms with Crippen LogP contribution in [0.5, 0.6) is 11.5 Å². The van der Waals surface area contributed by atoms with E-state index in [9.17, 15) is 0 Å². The van der Waals surface area contributed by atoms with Crippen molar-refractivity contribution in [3.05, 3.63) is 42.9 Å². The number of rotatable bonds is 6. The molecule has 100 valence electrons. The first-order valence-electron chi connectivity index (χ1n) is 6.08. The topological polar surface area (TPSA) is 56.3 Å². The smallest absolute Gasteiger partial charge is 0.161 e. The molecule has 0 saturated heterocycles. The SMILES string of the molecule is COc1ccccc1OC[C@H](C)Nc1ccncn1. The van der Waals surface area contributed by atoms with Crippen LogP contribution in [-0.4, -0.2) is 29.7 Å². The maximum Gasteiger partial charge on any atom is 0.161 e. The van der Waals surface area contributed by atoms with Crippen LogP contribution in [0.25, 0.3) is 0 Å². The molecule has 1 atom stereocenters. The third kappa shape index (κ3) is 3.84. The molecule has 0 aliphatic heterocycles. The standard InChI is InChI=1S/C14H17N3O2/c1-11(17-14-7-8-15-10-16-14)9-19-13-6-4-3-5-12(13)18-2/h3-8,10-11H,9H2,1-2H3,(H,15,16,17)/t11-/m0/s1. The molecule has 19 heavy (non-hydrogen) atoms. The molecule has 1 N–H and O–H groups in total. The lowest BCUT2D eigenvalue weighted by atomic mass is 10.3. The number of hydrogen-bond donors (Lipinski definition) is 1. The third-order valence-corrected chi connectivity index (χ3v) is 2.53. The zero-order chi connectivity index (χ0) is 13.5. The minimum atomic E-state index is 0.125. The van der Waals surface area contributed by atoms with Gasteiger partial charge in [-0.05, 0) is 25.1 Å². The van der Waals surface area contributed by atoms with E-state index in [0.29, 0.717) is 6.61 Å². The van der Waals surface area contributed by atoms with E-state index >= 15 is 0 Å². The van der Waals surface area contributed by atoms with Crippen molar-refractivity contribution in [3.8, 4) is 11.5 Å². The Bertz CT molecular complexity index is 505. The molecule has 0 aliphatic rings. The molecule has 0 fully saturated rings. The van der Waals surface area contributed by atoms with E-state index in [2.05, 4.69) is 15.3 Å². The van der Waals surface area contributed by atoms with Crippen molar-refractivity contribution in [2.45, 2.75) is 13.0 Å². The number of ether oxygens (including phenoxy) is 2. The summed E-state index contributed by atoms with van der Waals surface area (Å²) in [5.74, 6) is 2.25. The Balaban J connectivity index is 1.88. The maximum atomic E-state index is 5.73. The Kier molecular flexibility index (Phi) is 4.55. The largest absolute Gasteiger partial charge is 0.493 e. The highest BCUT2D eigenvalue weighted by atomic mass is 16.5. The monoisotopic (exact) mass is 259 g/mol. The Morgan fingerprint density at radius 1 is 1.21 bits per heavy atom. The molecule has 1 aromatic carbocycles. The van der Waals surface area contributed by atoms with Crippen LogP contribution in [0, 0.1) is 0 Å². The predicted molar refractivity (Wildman–Crippen MR) is 73.6 cm³/mol. The summed E-state index contributed by atoms with van der Waals surface area (Å²) in [5, 5.41) is 3.23. The van der Waals surface area contributed by atoms with Crippen molar-refractivity contribution in [3.63, 3.8) is 0 Å². The molecule has 0 unspecified atom stereocenters. The van der Waals surface area contributed by atoms with Gasteiger partial charge in [0.2, 0.25) is 0 Å². The van der Waals surface area contributed by atoms with Crippen LogP contribution in [0.1, 0.15) is 6.92 Å². The molecule has 0 bridgehead atoms. The van der Waals surface area contributed by atoms with Crippen LogP contribution < -0.4 is 14.8 Å². The Hall–Kier alpha value is -2.30. The van der Waals surface area contributed by atoms with E-state index in [1.165, 1.54) is 6.33 Å². The average Bonchev–Trinajstić information content (AvgIpc) is 2.46. The first-order chi connectivity index (χ1) is 9.29. The van der Waals surface area contributed by atoms with Gasteiger partial charge in [-0.15, -0.1) is 0 Å². The summed E-state index contributed by atoms with van der Waals surface area (Å²) >= 11 is 0. The van der Waals surface area contributed by atoms with E-state index in [-0.39, 0.29) is 6.04 Å². The zero-order valence-corrected chi connectivity index (χ0v) is 11.0. The molecule has 1 heterocycles. The van der Waals surface area contributed by atoms with Gasteiger partial charge in [0, 0.05) is 6.20 Å². The quantitative estimate of drug-likeness (QED) is 0.863. The molecule has 0 saturated carbocycles. The van der Waals surface area contributed by atoms with Crippen molar-refractivity contribution in [1.29, 1.82) is 0 Å². The highest BCUT2D eigenvalue weighted by Crippen LogP contribution is 2.25. The number of nitrogens with zero attached hydrogens (tertiary/aromatic N) is 2. The number of para-hydroxylation sites is 2. The predicted octanol–water partition coefficient (Wildman–Crippen LogP) is 2.36. The fraction of sp³-hybridized carbons (Fsp3) is 0.286. The van der Waals surface area contributed by atoms with Gasteiger partial charge in [0.1, 0.15) is 18.8 Å². The number of anilines is 1. The van der Waals surface area contributed by atoms with E-state index in [1.807, 2.05) is 37.3 Å². The summed E-state index contributed by atoms with van der Waals surface area (Å²) in [4.78, 5) is 7.97. The van der Waals surface area contributed by atoms with Gasteiger partial charge >= 0.3 is 0 Å². The Morgan fingerprint density at radius 3 is 2.68 bits per heavy atom. The van der Waals surface area contributed by atoms with E-state index in [0.717, 1.165) is 17.3 Å². The van der Waals surface area contributed by atoms with Gasteiger partial charge in [0.15, 0.2) is 11.5 Å². The van der Waals surface area contributed by atoms with Gasteiger partial charge in [-0.3, -0.25) is 0 Å². The lowest BCUT2D eigenvalue weighted by molar-refractivity contribution is 0.284. The number of methoxy groups -OCH3 is 1. The highest BCUT2D eigenvalue weighted by molar-refractivity contribution is 5.39. The second kappa shape index (κ2) is 6.58. The summed E-state index contributed by atoms with van der Waals surface area (Å²) in [6.07, 6.45) is 3.21. The van der Waals surface area contributed by atoms with Gasteiger partial charge in [-0.2, -0.15) is 0 Å². The van der Waals surface area contributed by atoms with E-state index in [4.69, 9.17) is 9.47 Å². The average molecular weight is 259 g/mol. The van der Waals surface area contributed by atoms with E-state index < -0.39 is 0 Å². The van der Waals surface area contributed by atoms with Crippen molar-refractivity contribution < 1.29 is 9.47 Å². The van der Waals surface area contributed by atoms with Crippen LogP contribution in [-0.2, 0) is 0 Å². The lowest BCUT2D eigenvalue weighted by Gasteiger charge is -2.16. The first kappa shape index (κ1) is 13.1. The molecule has 2 aromatic rings. The molecule has 2 rings (SSSR count). The Labute approximate surface area is 112 Å². The Morgan fingerprint density at radius 2 is 2.00 bits per heavy atom. The molecule has 0 amide bonds. The summed E-state index contributed by atoms with van der Waals surface area (Å²) in [5.41, 5.74) is 0. The van der Waals surface area contributed by atoms with Gasteiger partial charge in [-0.1, -0.05) is 12.1 Å². The van der Waals surface area contributed by atoms with Crippen LogP contribution in [0.4, 0.5) is 5.82 Å². The maximum absolute atomic E-state index is 5.73. The normalized spacial score (nSPS) is 11.7. The lowest BCUT2D eigenvalue weighted by Crippen LogP contribution is -2.24. The molecule has 0 spiro atoms. The molecule has 5 heteroatoms. The fourth-order valence-electron chi connectivity index (χ4n) is 1.62. The van der Waals surface area contributed by atoms with Crippen LogP contribution in [0.3, 0.4) is 0 Å².